The Balaban J connectivity index is 2.44. The Morgan fingerprint density at radius 1 is 1.24 bits per heavy atom. The van der Waals surface area contributed by atoms with Gasteiger partial charge in [0.2, 0.25) is 10.0 Å². The summed E-state index contributed by atoms with van der Waals surface area (Å²) in [5, 5.41) is 7.24. The molecule has 1 rings (SSSR count). The van der Waals surface area contributed by atoms with Crippen LogP contribution in [-0.4, -0.2) is 57.7 Å². The first kappa shape index (κ1) is 21.7. The van der Waals surface area contributed by atoms with Crippen molar-refractivity contribution in [1.29, 1.82) is 0 Å². The highest BCUT2D eigenvalue weighted by atomic mass is 35.5. The SMILES string of the molecule is CCNC(=NCCCN(CC)S(C)(=O)=O)NCCc1ccccc1Cl. The van der Waals surface area contributed by atoms with Gasteiger partial charge in [-0.05, 0) is 31.4 Å². The Kier molecular flexibility index (Phi) is 9.85. The first-order chi connectivity index (χ1) is 11.9. The molecule has 0 saturated heterocycles. The highest BCUT2D eigenvalue weighted by molar-refractivity contribution is 7.88. The molecule has 0 aliphatic carbocycles. The van der Waals surface area contributed by atoms with Gasteiger partial charge in [0.05, 0.1) is 6.26 Å². The van der Waals surface area contributed by atoms with Crippen LogP contribution in [0.3, 0.4) is 0 Å². The lowest BCUT2D eigenvalue weighted by atomic mass is 10.1. The zero-order valence-electron chi connectivity index (χ0n) is 15.3. The molecule has 0 atom stereocenters. The van der Waals surface area contributed by atoms with Crippen molar-refractivity contribution in [3.63, 3.8) is 0 Å². The topological polar surface area (TPSA) is 73.8 Å². The van der Waals surface area contributed by atoms with Crippen LogP contribution in [0.4, 0.5) is 0 Å². The molecule has 0 heterocycles. The molecule has 0 aliphatic rings. The number of aliphatic imine (C=N–C) groups is 1. The Hall–Kier alpha value is -1.31. The third kappa shape index (κ3) is 8.56. The van der Waals surface area contributed by atoms with E-state index in [9.17, 15) is 8.42 Å². The van der Waals surface area contributed by atoms with Gasteiger partial charge in [0.25, 0.3) is 0 Å². The van der Waals surface area contributed by atoms with Crippen molar-refractivity contribution in [2.75, 3.05) is 39.0 Å². The van der Waals surface area contributed by atoms with Crippen LogP contribution < -0.4 is 10.6 Å². The number of nitrogens with zero attached hydrogens (tertiary/aromatic N) is 2. The van der Waals surface area contributed by atoms with Crippen LogP contribution in [0.2, 0.25) is 5.02 Å². The fourth-order valence-electron chi connectivity index (χ4n) is 2.35. The maximum atomic E-state index is 11.6. The summed E-state index contributed by atoms with van der Waals surface area (Å²) in [5.74, 6) is 0.733. The van der Waals surface area contributed by atoms with Gasteiger partial charge in [-0.25, -0.2) is 12.7 Å². The van der Waals surface area contributed by atoms with Crippen LogP contribution in [0.1, 0.15) is 25.8 Å². The van der Waals surface area contributed by atoms with Crippen molar-refractivity contribution in [1.82, 2.24) is 14.9 Å². The summed E-state index contributed by atoms with van der Waals surface area (Å²) < 4.78 is 24.6. The molecular formula is C17H29ClN4O2S. The molecule has 6 nitrogen and oxygen atoms in total. The second-order valence-electron chi connectivity index (χ2n) is 5.64. The van der Waals surface area contributed by atoms with Crippen molar-refractivity contribution < 1.29 is 8.42 Å². The smallest absolute Gasteiger partial charge is 0.211 e. The fraction of sp³-hybridized carbons (Fsp3) is 0.588. The van der Waals surface area contributed by atoms with Crippen LogP contribution in [0, 0.1) is 0 Å². The summed E-state index contributed by atoms with van der Waals surface area (Å²) >= 11 is 6.16. The number of sulfonamides is 1. The number of benzene rings is 1. The van der Waals surface area contributed by atoms with Gasteiger partial charge in [-0.2, -0.15) is 0 Å². The van der Waals surface area contributed by atoms with Gasteiger partial charge < -0.3 is 10.6 Å². The molecule has 0 radical (unpaired) electrons. The molecule has 142 valence electrons. The number of rotatable bonds is 10. The molecule has 0 spiro atoms. The van der Waals surface area contributed by atoms with E-state index in [4.69, 9.17) is 11.6 Å². The largest absolute Gasteiger partial charge is 0.357 e. The molecule has 2 N–H and O–H groups in total. The lowest BCUT2D eigenvalue weighted by Gasteiger charge is -2.17. The van der Waals surface area contributed by atoms with E-state index in [2.05, 4.69) is 15.6 Å². The molecule has 0 fully saturated rings. The summed E-state index contributed by atoms with van der Waals surface area (Å²) in [6.07, 6.45) is 2.73. The van der Waals surface area contributed by atoms with Gasteiger partial charge in [-0.15, -0.1) is 0 Å². The van der Waals surface area contributed by atoms with E-state index in [-0.39, 0.29) is 0 Å². The van der Waals surface area contributed by atoms with Crippen molar-refractivity contribution in [3.8, 4) is 0 Å². The fourth-order valence-corrected chi connectivity index (χ4v) is 3.51. The van der Waals surface area contributed by atoms with Crippen LogP contribution in [-0.2, 0) is 16.4 Å². The number of hydrogen-bond acceptors (Lipinski definition) is 3. The van der Waals surface area contributed by atoms with Crippen molar-refractivity contribution in [3.05, 3.63) is 34.9 Å². The second kappa shape index (κ2) is 11.3. The summed E-state index contributed by atoms with van der Waals surface area (Å²) in [7, 11) is -3.13. The molecule has 8 heteroatoms. The molecule has 0 aromatic heterocycles. The zero-order valence-corrected chi connectivity index (χ0v) is 16.8. The maximum Gasteiger partial charge on any atom is 0.211 e. The van der Waals surface area contributed by atoms with E-state index in [1.165, 1.54) is 10.6 Å². The maximum absolute atomic E-state index is 11.6. The van der Waals surface area contributed by atoms with E-state index < -0.39 is 10.0 Å². The van der Waals surface area contributed by atoms with Crippen LogP contribution >= 0.6 is 11.6 Å². The Morgan fingerprint density at radius 3 is 2.56 bits per heavy atom. The van der Waals surface area contributed by atoms with Gasteiger partial charge in [0, 0.05) is 37.7 Å². The number of hydrogen-bond donors (Lipinski definition) is 2. The first-order valence-corrected chi connectivity index (χ1v) is 10.8. The summed E-state index contributed by atoms with van der Waals surface area (Å²) in [6.45, 7) is 6.87. The molecule has 0 aliphatic heterocycles. The Morgan fingerprint density at radius 2 is 1.96 bits per heavy atom. The van der Waals surface area contributed by atoms with E-state index in [0.29, 0.717) is 26.1 Å². The van der Waals surface area contributed by atoms with E-state index in [1.807, 2.05) is 38.1 Å². The first-order valence-electron chi connectivity index (χ1n) is 8.59. The van der Waals surface area contributed by atoms with Gasteiger partial charge >= 0.3 is 0 Å². The van der Waals surface area contributed by atoms with Crippen LogP contribution in [0.5, 0.6) is 0 Å². The van der Waals surface area contributed by atoms with Gasteiger partial charge in [-0.3, -0.25) is 4.99 Å². The third-order valence-electron chi connectivity index (χ3n) is 3.65. The van der Waals surface area contributed by atoms with Gasteiger partial charge in [0.1, 0.15) is 0 Å². The Labute approximate surface area is 156 Å². The molecule has 0 unspecified atom stereocenters. The van der Waals surface area contributed by atoms with E-state index in [0.717, 1.165) is 36.1 Å². The Bertz CT molecular complexity index is 650. The predicted octanol–water partition coefficient (Wildman–Crippen LogP) is 2.11. The van der Waals surface area contributed by atoms with Crippen molar-refractivity contribution in [2.45, 2.75) is 26.7 Å². The summed E-state index contributed by atoms with van der Waals surface area (Å²) in [6, 6.07) is 7.79. The average molecular weight is 389 g/mol. The highest BCUT2D eigenvalue weighted by Gasteiger charge is 2.13. The minimum Gasteiger partial charge on any atom is -0.357 e. The van der Waals surface area contributed by atoms with Gasteiger partial charge in [-0.1, -0.05) is 36.7 Å². The number of nitrogens with one attached hydrogen (secondary N) is 2. The van der Waals surface area contributed by atoms with Crippen molar-refractivity contribution in [2.24, 2.45) is 4.99 Å². The average Bonchev–Trinajstić information content (AvgIpc) is 2.55. The quantitative estimate of drug-likeness (QED) is 0.366. The van der Waals surface area contributed by atoms with Gasteiger partial charge in [0.15, 0.2) is 5.96 Å². The molecule has 1 aromatic rings. The van der Waals surface area contributed by atoms with E-state index in [1.54, 1.807) is 0 Å². The molecule has 0 saturated carbocycles. The second-order valence-corrected chi connectivity index (χ2v) is 8.03. The molecule has 0 amide bonds. The zero-order chi connectivity index (χ0) is 18.7. The summed E-state index contributed by atoms with van der Waals surface area (Å²) in [4.78, 5) is 4.50. The molecule has 1 aromatic carbocycles. The molecule has 25 heavy (non-hydrogen) atoms. The normalized spacial score (nSPS) is 12.4. The minimum atomic E-state index is -3.13. The summed E-state index contributed by atoms with van der Waals surface area (Å²) in [5.41, 5.74) is 1.10. The molecular weight excluding hydrogens is 360 g/mol. The van der Waals surface area contributed by atoms with E-state index >= 15 is 0 Å². The van der Waals surface area contributed by atoms with Crippen molar-refractivity contribution >= 4 is 27.6 Å². The number of halogens is 1. The third-order valence-corrected chi connectivity index (χ3v) is 5.39. The van der Waals surface area contributed by atoms with Crippen LogP contribution in [0.25, 0.3) is 0 Å². The lowest BCUT2D eigenvalue weighted by Crippen LogP contribution is -2.38. The lowest BCUT2D eigenvalue weighted by molar-refractivity contribution is 0.427. The standard InChI is InChI=1S/C17H29ClN4O2S/c1-4-19-17(20-12-8-14-22(5-2)25(3,23)24)21-13-11-15-9-6-7-10-16(15)18/h6-7,9-10H,4-5,8,11-14H2,1-3H3,(H2,19,20,21). The monoisotopic (exact) mass is 388 g/mol. The number of guanidine groups is 1. The minimum absolute atomic E-state index is 0.484. The predicted molar refractivity (Wildman–Crippen MR) is 106 cm³/mol. The highest BCUT2D eigenvalue weighted by Crippen LogP contribution is 2.14. The van der Waals surface area contributed by atoms with Crippen LogP contribution in [0.15, 0.2) is 29.3 Å². The molecule has 0 bridgehead atoms.